The highest BCUT2D eigenvalue weighted by Gasteiger charge is 2.20. The molecule has 3 N–H and O–H groups in total. The molecule has 1 atom stereocenters. The topological polar surface area (TPSA) is 47.3 Å². The average molecular weight is 292 g/mol. The van der Waals surface area contributed by atoms with Crippen molar-refractivity contribution in [1.29, 1.82) is 0 Å². The molecule has 0 amide bonds. The molecule has 0 aliphatic carbocycles. The zero-order chi connectivity index (χ0) is 15.6. The fourth-order valence-corrected chi connectivity index (χ4v) is 2.50. The van der Waals surface area contributed by atoms with E-state index in [1.54, 1.807) is 13.0 Å². The van der Waals surface area contributed by atoms with E-state index in [1.807, 2.05) is 13.0 Å². The van der Waals surface area contributed by atoms with Crippen LogP contribution in [0.1, 0.15) is 28.3 Å². The smallest absolute Gasteiger partial charge is 0.165 e. The molecule has 0 heterocycles. The molecule has 0 aliphatic rings. The van der Waals surface area contributed by atoms with Crippen LogP contribution < -0.4 is 16.0 Å². The summed E-state index contributed by atoms with van der Waals surface area (Å²) in [6, 6.07) is 7.12. The van der Waals surface area contributed by atoms with Crippen LogP contribution in [0.4, 0.5) is 8.78 Å². The van der Waals surface area contributed by atoms with Gasteiger partial charge in [-0.3, -0.25) is 5.84 Å². The summed E-state index contributed by atoms with van der Waals surface area (Å²) < 4.78 is 33.0. The summed E-state index contributed by atoms with van der Waals surface area (Å²) >= 11 is 0. The summed E-state index contributed by atoms with van der Waals surface area (Å²) in [6.07, 6.45) is 0. The van der Waals surface area contributed by atoms with E-state index < -0.39 is 11.9 Å². The van der Waals surface area contributed by atoms with Gasteiger partial charge >= 0.3 is 0 Å². The van der Waals surface area contributed by atoms with E-state index >= 15 is 0 Å². The largest absolute Gasteiger partial charge is 0.494 e. The molecule has 3 nitrogen and oxygen atoms in total. The first-order chi connectivity index (χ1) is 9.97. The zero-order valence-corrected chi connectivity index (χ0v) is 12.2. The Morgan fingerprint density at radius 1 is 1.10 bits per heavy atom. The zero-order valence-electron chi connectivity index (χ0n) is 12.2. The Balaban J connectivity index is 2.52. The van der Waals surface area contributed by atoms with Gasteiger partial charge in [-0.15, -0.1) is 0 Å². The molecule has 0 saturated carbocycles. The number of hydrogen-bond donors (Lipinski definition) is 2. The molecule has 0 bridgehead atoms. The molecule has 0 spiro atoms. The minimum Gasteiger partial charge on any atom is -0.494 e. The number of benzene rings is 2. The number of nitrogens with one attached hydrogen (secondary N) is 1. The van der Waals surface area contributed by atoms with E-state index in [-0.39, 0.29) is 11.6 Å². The minimum atomic E-state index is -0.633. The van der Waals surface area contributed by atoms with Crippen molar-refractivity contribution in [2.24, 2.45) is 5.84 Å². The van der Waals surface area contributed by atoms with Gasteiger partial charge in [-0.2, -0.15) is 0 Å². The predicted octanol–water partition coefficient (Wildman–Crippen LogP) is 3.14. The third kappa shape index (κ3) is 3.04. The highest BCUT2D eigenvalue weighted by molar-refractivity contribution is 5.41. The lowest BCUT2D eigenvalue weighted by Crippen LogP contribution is -2.30. The number of hydrazine groups is 1. The molecule has 2 aromatic carbocycles. The Hall–Kier alpha value is -1.98. The van der Waals surface area contributed by atoms with Gasteiger partial charge in [0, 0.05) is 5.56 Å². The van der Waals surface area contributed by atoms with Crippen LogP contribution in [-0.2, 0) is 0 Å². The van der Waals surface area contributed by atoms with E-state index in [9.17, 15) is 8.78 Å². The third-order valence-corrected chi connectivity index (χ3v) is 3.45. The first-order valence-corrected chi connectivity index (χ1v) is 6.54. The molecular weight excluding hydrogens is 274 g/mol. The maximum atomic E-state index is 14.3. The van der Waals surface area contributed by atoms with Gasteiger partial charge in [0.25, 0.3) is 0 Å². The lowest BCUT2D eigenvalue weighted by Gasteiger charge is -2.20. The molecule has 1 unspecified atom stereocenters. The lowest BCUT2D eigenvalue weighted by atomic mass is 9.93. The Morgan fingerprint density at radius 3 is 2.33 bits per heavy atom. The minimum absolute atomic E-state index is 0.135. The van der Waals surface area contributed by atoms with Crippen molar-refractivity contribution >= 4 is 0 Å². The molecule has 0 aromatic heterocycles. The summed E-state index contributed by atoms with van der Waals surface area (Å²) in [5.74, 6) is 4.82. The second kappa shape index (κ2) is 6.20. The maximum Gasteiger partial charge on any atom is 0.165 e. The quantitative estimate of drug-likeness (QED) is 0.672. The number of hydrogen-bond acceptors (Lipinski definition) is 3. The van der Waals surface area contributed by atoms with Crippen molar-refractivity contribution in [1.82, 2.24) is 5.43 Å². The van der Waals surface area contributed by atoms with E-state index in [4.69, 9.17) is 10.6 Å². The van der Waals surface area contributed by atoms with Gasteiger partial charge in [-0.05, 0) is 48.7 Å². The van der Waals surface area contributed by atoms with Crippen LogP contribution in [0.5, 0.6) is 5.75 Å². The van der Waals surface area contributed by atoms with Crippen molar-refractivity contribution in [2.75, 3.05) is 7.11 Å². The molecule has 0 radical (unpaired) electrons. The van der Waals surface area contributed by atoms with Crippen LogP contribution in [0, 0.1) is 25.5 Å². The third-order valence-electron chi connectivity index (χ3n) is 3.45. The standard InChI is InChI=1S/C16H18F2N2O/c1-9-6-10(2)15(13(18)7-9)16(20-19)11-4-5-14(21-3)12(17)8-11/h4-8,16,20H,19H2,1-3H3. The second-order valence-electron chi connectivity index (χ2n) is 4.97. The van der Waals surface area contributed by atoms with Crippen LogP contribution in [0.15, 0.2) is 30.3 Å². The fraction of sp³-hybridized carbons (Fsp3) is 0.250. The summed E-state index contributed by atoms with van der Waals surface area (Å²) in [5.41, 5.74) is 5.07. The summed E-state index contributed by atoms with van der Waals surface area (Å²) in [7, 11) is 1.39. The van der Waals surface area contributed by atoms with E-state index in [0.717, 1.165) is 11.1 Å². The monoisotopic (exact) mass is 292 g/mol. The highest BCUT2D eigenvalue weighted by Crippen LogP contribution is 2.30. The van der Waals surface area contributed by atoms with Crippen LogP contribution >= 0.6 is 0 Å². The van der Waals surface area contributed by atoms with Crippen molar-refractivity contribution in [3.63, 3.8) is 0 Å². The molecule has 21 heavy (non-hydrogen) atoms. The van der Waals surface area contributed by atoms with Gasteiger partial charge in [0.1, 0.15) is 5.82 Å². The lowest BCUT2D eigenvalue weighted by molar-refractivity contribution is 0.385. The van der Waals surface area contributed by atoms with E-state index in [2.05, 4.69) is 5.43 Å². The van der Waals surface area contributed by atoms with Crippen LogP contribution in [0.25, 0.3) is 0 Å². The predicted molar refractivity (Wildman–Crippen MR) is 78.0 cm³/mol. The van der Waals surface area contributed by atoms with Crippen molar-refractivity contribution in [3.8, 4) is 5.75 Å². The summed E-state index contributed by atoms with van der Waals surface area (Å²) in [4.78, 5) is 0. The van der Waals surface area contributed by atoms with E-state index in [1.165, 1.54) is 25.3 Å². The molecule has 112 valence electrons. The van der Waals surface area contributed by atoms with Gasteiger partial charge in [0.05, 0.1) is 13.2 Å². The number of ether oxygens (including phenoxy) is 1. The van der Waals surface area contributed by atoms with Crippen LogP contribution in [-0.4, -0.2) is 7.11 Å². The second-order valence-corrected chi connectivity index (χ2v) is 4.97. The Bertz CT molecular complexity index is 636. The Labute approximate surface area is 122 Å². The fourth-order valence-electron chi connectivity index (χ4n) is 2.50. The van der Waals surface area contributed by atoms with Gasteiger partial charge in [0.15, 0.2) is 11.6 Å². The molecular formula is C16H18F2N2O. The molecule has 0 fully saturated rings. The van der Waals surface area contributed by atoms with Gasteiger partial charge in [0.2, 0.25) is 0 Å². The molecule has 2 rings (SSSR count). The number of methoxy groups -OCH3 is 1. The Morgan fingerprint density at radius 2 is 1.81 bits per heavy atom. The Kier molecular flexibility index (Phi) is 4.55. The van der Waals surface area contributed by atoms with Gasteiger partial charge < -0.3 is 4.74 Å². The summed E-state index contributed by atoms with van der Waals surface area (Å²) in [5, 5.41) is 0. The molecule has 0 saturated heterocycles. The average Bonchev–Trinajstić information content (AvgIpc) is 2.42. The molecule has 5 heteroatoms. The molecule has 0 aliphatic heterocycles. The normalized spacial score (nSPS) is 12.3. The first kappa shape index (κ1) is 15.4. The number of nitrogens with two attached hydrogens (primary N) is 1. The maximum absolute atomic E-state index is 14.3. The SMILES string of the molecule is COc1ccc(C(NN)c2c(C)cc(C)cc2F)cc1F. The highest BCUT2D eigenvalue weighted by atomic mass is 19.1. The number of halogens is 2. The first-order valence-electron chi connectivity index (χ1n) is 6.54. The number of aryl methyl sites for hydroxylation is 2. The van der Waals surface area contributed by atoms with Gasteiger partial charge in [-0.1, -0.05) is 12.1 Å². The van der Waals surface area contributed by atoms with Gasteiger partial charge in [-0.25, -0.2) is 14.2 Å². The van der Waals surface area contributed by atoms with Crippen molar-refractivity contribution < 1.29 is 13.5 Å². The van der Waals surface area contributed by atoms with Crippen LogP contribution in [0.2, 0.25) is 0 Å². The summed E-state index contributed by atoms with van der Waals surface area (Å²) in [6.45, 7) is 3.62. The van der Waals surface area contributed by atoms with E-state index in [0.29, 0.717) is 11.1 Å². The van der Waals surface area contributed by atoms with Crippen LogP contribution in [0.3, 0.4) is 0 Å². The number of rotatable bonds is 4. The van der Waals surface area contributed by atoms with Crippen molar-refractivity contribution in [2.45, 2.75) is 19.9 Å². The molecule has 2 aromatic rings. The van der Waals surface area contributed by atoms with Crippen molar-refractivity contribution in [3.05, 3.63) is 64.2 Å².